The fraction of sp³-hybridized carbons (Fsp3) is 0.125. The molecule has 0 radical (unpaired) electrons. The molecule has 0 aliphatic heterocycles. The summed E-state index contributed by atoms with van der Waals surface area (Å²) in [7, 11) is 2.62. The Bertz CT molecular complexity index is 681. The number of carbonyl (C=O) groups excluding carboxylic acids is 2. The van der Waals surface area contributed by atoms with Crippen LogP contribution in [0.4, 0.5) is 0 Å². The van der Waals surface area contributed by atoms with E-state index < -0.39 is 11.9 Å². The molecule has 0 fully saturated rings. The zero-order valence-corrected chi connectivity index (χ0v) is 11.7. The molecule has 0 N–H and O–H groups in total. The summed E-state index contributed by atoms with van der Waals surface area (Å²) in [4.78, 5) is 22.8. The molecule has 0 spiro atoms. The maximum Gasteiger partial charge on any atom is 0.338 e. The highest BCUT2D eigenvalue weighted by Crippen LogP contribution is 2.26. The third-order valence-corrected chi connectivity index (χ3v) is 2.81. The van der Waals surface area contributed by atoms with Crippen LogP contribution in [0.3, 0.4) is 0 Å². The predicted molar refractivity (Wildman–Crippen MR) is 76.5 cm³/mol. The molecule has 108 valence electrons. The van der Waals surface area contributed by atoms with Gasteiger partial charge in [0.2, 0.25) is 0 Å². The van der Waals surface area contributed by atoms with Crippen molar-refractivity contribution >= 4 is 18.0 Å². The van der Waals surface area contributed by atoms with E-state index in [1.165, 1.54) is 26.4 Å². The van der Waals surface area contributed by atoms with Gasteiger partial charge < -0.3 is 13.9 Å². The second-order valence-corrected chi connectivity index (χ2v) is 4.10. The molecule has 1 aromatic carbocycles. The number of esters is 2. The summed E-state index contributed by atoms with van der Waals surface area (Å²) in [6.45, 7) is 0. The Hall–Kier alpha value is -2.82. The Morgan fingerprint density at radius 3 is 2.52 bits per heavy atom. The number of rotatable bonds is 4. The van der Waals surface area contributed by atoms with Crippen molar-refractivity contribution in [3.05, 3.63) is 53.8 Å². The molecule has 0 saturated carbocycles. The quantitative estimate of drug-likeness (QED) is 0.638. The van der Waals surface area contributed by atoms with Gasteiger partial charge in [0.1, 0.15) is 11.5 Å². The first kappa shape index (κ1) is 14.6. The smallest absolute Gasteiger partial charge is 0.338 e. The minimum absolute atomic E-state index is 0.415. The molecule has 0 aliphatic rings. The molecule has 1 aromatic heterocycles. The maximum absolute atomic E-state index is 11.7. The second-order valence-electron chi connectivity index (χ2n) is 4.10. The van der Waals surface area contributed by atoms with Gasteiger partial charge in [-0.1, -0.05) is 18.2 Å². The van der Waals surface area contributed by atoms with Gasteiger partial charge in [-0.15, -0.1) is 0 Å². The number of methoxy groups -OCH3 is 2. The lowest BCUT2D eigenvalue weighted by molar-refractivity contribution is -0.134. The molecular formula is C16H14O5. The van der Waals surface area contributed by atoms with Crippen molar-refractivity contribution in [1.29, 1.82) is 0 Å². The average Bonchev–Trinajstić information content (AvgIpc) is 3.00. The first-order valence-corrected chi connectivity index (χ1v) is 6.19. The lowest BCUT2D eigenvalue weighted by Gasteiger charge is -2.04. The first-order valence-electron chi connectivity index (χ1n) is 6.19. The molecule has 2 aromatic rings. The predicted octanol–water partition coefficient (Wildman–Crippen LogP) is 2.92. The van der Waals surface area contributed by atoms with E-state index in [1.807, 2.05) is 0 Å². The molecule has 0 saturated heterocycles. The van der Waals surface area contributed by atoms with Crippen molar-refractivity contribution in [2.45, 2.75) is 0 Å². The van der Waals surface area contributed by atoms with Gasteiger partial charge >= 0.3 is 11.9 Å². The van der Waals surface area contributed by atoms with Crippen molar-refractivity contribution in [3.8, 4) is 11.3 Å². The lowest BCUT2D eigenvalue weighted by atomic mass is 10.1. The van der Waals surface area contributed by atoms with E-state index in [1.54, 1.807) is 36.4 Å². The Morgan fingerprint density at radius 1 is 1.05 bits per heavy atom. The van der Waals surface area contributed by atoms with Gasteiger partial charge in [0.25, 0.3) is 0 Å². The Morgan fingerprint density at radius 2 is 1.81 bits per heavy atom. The molecule has 21 heavy (non-hydrogen) atoms. The highest BCUT2D eigenvalue weighted by atomic mass is 16.5. The van der Waals surface area contributed by atoms with Gasteiger partial charge in [0.05, 0.1) is 19.8 Å². The molecule has 2 rings (SSSR count). The third kappa shape index (κ3) is 3.39. The Balaban J connectivity index is 2.32. The minimum atomic E-state index is -0.470. The van der Waals surface area contributed by atoms with E-state index in [0.717, 1.165) is 0 Å². The van der Waals surface area contributed by atoms with Crippen LogP contribution in [0, 0.1) is 0 Å². The molecule has 5 heteroatoms. The molecule has 5 nitrogen and oxygen atoms in total. The van der Waals surface area contributed by atoms with Gasteiger partial charge in [-0.2, -0.15) is 0 Å². The first-order chi connectivity index (χ1) is 10.2. The number of furan rings is 1. The largest absolute Gasteiger partial charge is 0.466 e. The number of ether oxygens (including phenoxy) is 2. The fourth-order valence-electron chi connectivity index (χ4n) is 1.79. The van der Waals surface area contributed by atoms with Gasteiger partial charge in [-0.3, -0.25) is 0 Å². The van der Waals surface area contributed by atoms with Crippen LogP contribution in [0.1, 0.15) is 16.1 Å². The van der Waals surface area contributed by atoms with Crippen molar-refractivity contribution in [2.75, 3.05) is 14.2 Å². The van der Waals surface area contributed by atoms with Crippen LogP contribution < -0.4 is 0 Å². The van der Waals surface area contributed by atoms with Crippen LogP contribution in [0.15, 0.2) is 46.9 Å². The van der Waals surface area contributed by atoms with Crippen molar-refractivity contribution in [2.24, 2.45) is 0 Å². The molecule has 0 amide bonds. The average molecular weight is 286 g/mol. The highest BCUT2D eigenvalue weighted by molar-refractivity contribution is 5.96. The molecule has 0 unspecified atom stereocenters. The molecular weight excluding hydrogens is 272 g/mol. The highest BCUT2D eigenvalue weighted by Gasteiger charge is 2.14. The van der Waals surface area contributed by atoms with E-state index in [0.29, 0.717) is 22.6 Å². The monoisotopic (exact) mass is 286 g/mol. The van der Waals surface area contributed by atoms with E-state index in [2.05, 4.69) is 4.74 Å². The summed E-state index contributed by atoms with van der Waals surface area (Å²) < 4.78 is 14.8. The van der Waals surface area contributed by atoms with Gasteiger partial charge in [0, 0.05) is 11.6 Å². The summed E-state index contributed by atoms with van der Waals surface area (Å²) in [5.41, 5.74) is 1.04. The number of hydrogen-bond donors (Lipinski definition) is 0. The van der Waals surface area contributed by atoms with Crippen LogP contribution >= 0.6 is 0 Å². The minimum Gasteiger partial charge on any atom is -0.466 e. The molecule has 0 aliphatic carbocycles. The molecule has 0 bridgehead atoms. The number of carbonyl (C=O) groups is 2. The third-order valence-electron chi connectivity index (χ3n) is 2.81. The number of hydrogen-bond acceptors (Lipinski definition) is 5. The number of benzene rings is 1. The van der Waals surface area contributed by atoms with E-state index in [-0.39, 0.29) is 0 Å². The van der Waals surface area contributed by atoms with Crippen LogP contribution in [0.5, 0.6) is 0 Å². The van der Waals surface area contributed by atoms with E-state index in [9.17, 15) is 9.59 Å². The zero-order valence-electron chi connectivity index (χ0n) is 11.7. The topological polar surface area (TPSA) is 65.7 Å². The van der Waals surface area contributed by atoms with Crippen LogP contribution in [0.25, 0.3) is 17.4 Å². The van der Waals surface area contributed by atoms with E-state index >= 15 is 0 Å². The summed E-state index contributed by atoms with van der Waals surface area (Å²) in [5.74, 6) is 0.0900. The van der Waals surface area contributed by atoms with E-state index in [4.69, 9.17) is 9.15 Å². The summed E-state index contributed by atoms with van der Waals surface area (Å²) in [6.07, 6.45) is 2.75. The molecule has 1 heterocycles. The zero-order chi connectivity index (χ0) is 15.2. The summed E-state index contributed by atoms with van der Waals surface area (Å²) in [6, 6.07) is 10.4. The SMILES string of the molecule is COC(=O)/C=C/c1ccc(-c2ccccc2C(=O)OC)o1. The van der Waals surface area contributed by atoms with Crippen LogP contribution in [-0.2, 0) is 14.3 Å². The van der Waals surface area contributed by atoms with Crippen molar-refractivity contribution in [3.63, 3.8) is 0 Å². The molecule has 0 atom stereocenters. The van der Waals surface area contributed by atoms with Crippen molar-refractivity contribution in [1.82, 2.24) is 0 Å². The summed E-state index contributed by atoms with van der Waals surface area (Å²) in [5, 5.41) is 0. The van der Waals surface area contributed by atoms with Gasteiger partial charge in [-0.05, 0) is 24.3 Å². The second kappa shape index (κ2) is 6.56. The Kier molecular flexibility index (Phi) is 4.56. The fourth-order valence-corrected chi connectivity index (χ4v) is 1.79. The van der Waals surface area contributed by atoms with Crippen molar-refractivity contribution < 1.29 is 23.5 Å². The summed E-state index contributed by atoms with van der Waals surface area (Å²) >= 11 is 0. The van der Waals surface area contributed by atoms with Crippen LogP contribution in [-0.4, -0.2) is 26.2 Å². The Labute approximate surface area is 121 Å². The van der Waals surface area contributed by atoms with Gasteiger partial charge in [-0.25, -0.2) is 9.59 Å². The van der Waals surface area contributed by atoms with Gasteiger partial charge in [0.15, 0.2) is 0 Å². The van der Waals surface area contributed by atoms with Crippen LogP contribution in [0.2, 0.25) is 0 Å². The normalized spacial score (nSPS) is 10.6. The lowest BCUT2D eigenvalue weighted by Crippen LogP contribution is -2.02. The standard InChI is InChI=1S/C16H14O5/c1-19-15(17)10-8-11-7-9-14(21-11)12-5-3-4-6-13(12)16(18)20-2/h3-10H,1-2H3/b10-8+. The maximum atomic E-state index is 11.7.